The second-order valence-electron chi connectivity index (χ2n) is 6.56. The fraction of sp³-hybridized carbons (Fsp3) is 0.0400. The smallest absolute Gasteiger partial charge is 0.134 e. The Bertz CT molecular complexity index is 1190. The molecule has 5 heteroatoms. The molecule has 0 unspecified atom stereocenters. The van der Waals surface area contributed by atoms with Gasteiger partial charge in [-0.25, -0.2) is 4.98 Å². The monoisotopic (exact) mass is 472 g/mol. The summed E-state index contributed by atoms with van der Waals surface area (Å²) in [5.41, 5.74) is 4.49. The lowest BCUT2D eigenvalue weighted by Crippen LogP contribution is -1.94. The van der Waals surface area contributed by atoms with Crippen LogP contribution in [0, 0.1) is 11.3 Å². The maximum absolute atomic E-state index is 9.64. The molecular weight excluding hydrogens is 456 g/mol. The molecule has 1 heterocycles. The summed E-state index contributed by atoms with van der Waals surface area (Å²) in [7, 11) is 0. The van der Waals surface area contributed by atoms with Crippen LogP contribution in [0.4, 0.5) is 0 Å². The molecule has 0 aliphatic heterocycles. The number of ether oxygens (including phenoxy) is 1. The Balaban J connectivity index is 1.47. The summed E-state index contributed by atoms with van der Waals surface area (Å²) < 4.78 is 6.85. The van der Waals surface area contributed by atoms with E-state index in [4.69, 9.17) is 4.74 Å². The lowest BCUT2D eigenvalue weighted by Gasteiger charge is -2.06. The van der Waals surface area contributed by atoms with Gasteiger partial charge < -0.3 is 4.74 Å². The van der Waals surface area contributed by atoms with Crippen LogP contribution < -0.4 is 4.74 Å². The minimum Gasteiger partial charge on any atom is -0.489 e. The summed E-state index contributed by atoms with van der Waals surface area (Å²) in [6.45, 7) is 0.525. The number of halogens is 1. The zero-order valence-corrected chi connectivity index (χ0v) is 18.4. The van der Waals surface area contributed by atoms with Crippen molar-refractivity contribution in [3.05, 3.63) is 105 Å². The SMILES string of the molecule is N#CC(=Cc1ccc(OCc2ccccc2)cc1)c1nc(-c2ccc(Br)cc2)cs1. The van der Waals surface area contributed by atoms with Crippen LogP contribution in [0.1, 0.15) is 16.1 Å². The number of nitriles is 1. The van der Waals surface area contributed by atoms with Gasteiger partial charge >= 0.3 is 0 Å². The largest absolute Gasteiger partial charge is 0.489 e. The number of nitrogens with zero attached hydrogens (tertiary/aromatic N) is 2. The van der Waals surface area contributed by atoms with Gasteiger partial charge in [-0.2, -0.15) is 5.26 Å². The van der Waals surface area contributed by atoms with Crippen LogP contribution in [-0.2, 0) is 6.61 Å². The van der Waals surface area contributed by atoms with Crippen LogP contribution in [0.3, 0.4) is 0 Å². The van der Waals surface area contributed by atoms with Gasteiger partial charge in [0.25, 0.3) is 0 Å². The first kappa shape index (κ1) is 20.1. The molecule has 0 fully saturated rings. The van der Waals surface area contributed by atoms with Crippen molar-refractivity contribution < 1.29 is 4.74 Å². The molecule has 0 atom stereocenters. The van der Waals surface area contributed by atoms with Crippen molar-refractivity contribution in [1.82, 2.24) is 4.98 Å². The highest BCUT2D eigenvalue weighted by Gasteiger charge is 2.09. The third-order valence-electron chi connectivity index (χ3n) is 4.43. The Kier molecular flexibility index (Phi) is 6.38. The van der Waals surface area contributed by atoms with Gasteiger partial charge in [-0.15, -0.1) is 11.3 Å². The molecule has 4 rings (SSSR count). The van der Waals surface area contributed by atoms with Gasteiger partial charge in [0.05, 0.1) is 11.3 Å². The van der Waals surface area contributed by atoms with Gasteiger partial charge in [-0.3, -0.25) is 0 Å². The molecule has 3 aromatic carbocycles. The van der Waals surface area contributed by atoms with Gasteiger partial charge in [-0.1, -0.05) is 70.5 Å². The summed E-state index contributed by atoms with van der Waals surface area (Å²) in [5, 5.41) is 12.3. The van der Waals surface area contributed by atoms with E-state index in [1.54, 1.807) is 0 Å². The summed E-state index contributed by atoms with van der Waals surface area (Å²) in [4.78, 5) is 4.65. The number of allylic oxidation sites excluding steroid dienone is 1. The van der Waals surface area contributed by atoms with E-state index in [0.717, 1.165) is 32.6 Å². The maximum Gasteiger partial charge on any atom is 0.134 e. The number of aromatic nitrogens is 1. The lowest BCUT2D eigenvalue weighted by molar-refractivity contribution is 0.306. The first-order valence-electron chi connectivity index (χ1n) is 9.32. The van der Waals surface area contributed by atoms with E-state index in [0.29, 0.717) is 17.2 Å². The highest BCUT2D eigenvalue weighted by Crippen LogP contribution is 2.28. The van der Waals surface area contributed by atoms with Crippen molar-refractivity contribution in [3.8, 4) is 23.1 Å². The number of benzene rings is 3. The molecule has 0 aliphatic carbocycles. The minimum atomic E-state index is 0.525. The summed E-state index contributed by atoms with van der Waals surface area (Å²) in [6, 6.07) is 28.0. The van der Waals surface area contributed by atoms with E-state index in [9.17, 15) is 5.26 Å². The maximum atomic E-state index is 9.64. The van der Waals surface area contributed by atoms with Crippen LogP contribution in [0.5, 0.6) is 5.75 Å². The molecule has 0 saturated carbocycles. The van der Waals surface area contributed by atoms with Crippen molar-refractivity contribution in [2.75, 3.05) is 0 Å². The van der Waals surface area contributed by atoms with Crippen LogP contribution >= 0.6 is 27.3 Å². The number of hydrogen-bond acceptors (Lipinski definition) is 4. The number of rotatable bonds is 6. The second-order valence-corrected chi connectivity index (χ2v) is 8.33. The van der Waals surface area contributed by atoms with Crippen molar-refractivity contribution in [1.29, 1.82) is 5.26 Å². The third-order valence-corrected chi connectivity index (χ3v) is 5.84. The Hall–Kier alpha value is -3.20. The zero-order valence-electron chi connectivity index (χ0n) is 16.0. The predicted molar refractivity (Wildman–Crippen MR) is 126 cm³/mol. The first-order chi connectivity index (χ1) is 14.7. The summed E-state index contributed by atoms with van der Waals surface area (Å²) in [5.74, 6) is 0.793. The number of thiazole rings is 1. The molecule has 0 bridgehead atoms. The minimum absolute atomic E-state index is 0.525. The highest BCUT2D eigenvalue weighted by molar-refractivity contribution is 9.10. The number of hydrogen-bond donors (Lipinski definition) is 0. The van der Waals surface area contributed by atoms with Crippen molar-refractivity contribution >= 4 is 38.9 Å². The Morgan fingerprint density at radius 1 is 1.00 bits per heavy atom. The van der Waals surface area contributed by atoms with E-state index in [1.165, 1.54) is 11.3 Å². The molecule has 0 saturated heterocycles. The standard InChI is InChI=1S/C25H17BrN2OS/c26-22-10-8-20(9-11-22)24-17-30-25(28-24)21(15-27)14-18-6-12-23(13-7-18)29-16-19-4-2-1-3-5-19/h1-14,17H,16H2. The second kappa shape index (κ2) is 9.53. The average Bonchev–Trinajstić information content (AvgIpc) is 3.28. The average molecular weight is 473 g/mol. The molecule has 146 valence electrons. The highest BCUT2D eigenvalue weighted by atomic mass is 79.9. The van der Waals surface area contributed by atoms with Crippen molar-refractivity contribution in [2.24, 2.45) is 0 Å². The van der Waals surface area contributed by atoms with Crippen molar-refractivity contribution in [3.63, 3.8) is 0 Å². The molecule has 30 heavy (non-hydrogen) atoms. The van der Waals surface area contributed by atoms with Gasteiger partial charge in [0.2, 0.25) is 0 Å². The van der Waals surface area contributed by atoms with E-state index in [1.807, 2.05) is 90.3 Å². The zero-order chi connectivity index (χ0) is 20.8. The normalized spacial score (nSPS) is 11.1. The van der Waals surface area contributed by atoms with Gasteiger partial charge in [0.15, 0.2) is 0 Å². The molecule has 1 aromatic heterocycles. The van der Waals surface area contributed by atoms with Gasteiger partial charge in [0, 0.05) is 15.4 Å². The van der Waals surface area contributed by atoms with E-state index < -0.39 is 0 Å². The Morgan fingerprint density at radius 2 is 1.73 bits per heavy atom. The van der Waals surface area contributed by atoms with E-state index in [-0.39, 0.29) is 0 Å². The fourth-order valence-corrected chi connectivity index (χ4v) is 3.92. The van der Waals surface area contributed by atoms with Crippen LogP contribution in [0.2, 0.25) is 0 Å². The molecule has 0 spiro atoms. The van der Waals surface area contributed by atoms with Crippen LogP contribution in [0.15, 0.2) is 88.7 Å². The Morgan fingerprint density at radius 3 is 2.43 bits per heavy atom. The molecule has 3 nitrogen and oxygen atoms in total. The molecule has 4 aromatic rings. The lowest BCUT2D eigenvalue weighted by atomic mass is 10.1. The molecule has 0 radical (unpaired) electrons. The van der Waals surface area contributed by atoms with E-state index >= 15 is 0 Å². The Labute approximate surface area is 188 Å². The molecule has 0 aliphatic rings. The molecular formula is C25H17BrN2OS. The van der Waals surface area contributed by atoms with Crippen molar-refractivity contribution in [2.45, 2.75) is 6.61 Å². The molecule has 0 N–H and O–H groups in total. The van der Waals surface area contributed by atoms with Crippen LogP contribution in [-0.4, -0.2) is 4.98 Å². The topological polar surface area (TPSA) is 45.9 Å². The van der Waals surface area contributed by atoms with Gasteiger partial charge in [-0.05, 0) is 41.5 Å². The summed E-state index contributed by atoms with van der Waals surface area (Å²) >= 11 is 4.91. The molecule has 0 amide bonds. The quantitative estimate of drug-likeness (QED) is 0.278. The van der Waals surface area contributed by atoms with Gasteiger partial charge in [0.1, 0.15) is 23.4 Å². The summed E-state index contributed by atoms with van der Waals surface area (Å²) in [6.07, 6.45) is 1.85. The first-order valence-corrected chi connectivity index (χ1v) is 11.0. The van der Waals surface area contributed by atoms with Crippen LogP contribution in [0.25, 0.3) is 22.9 Å². The fourth-order valence-electron chi connectivity index (χ4n) is 2.86. The predicted octanol–water partition coefficient (Wildman–Crippen LogP) is 7.22. The third kappa shape index (κ3) is 5.04. The van der Waals surface area contributed by atoms with E-state index in [2.05, 4.69) is 27.0 Å².